The first-order valence-corrected chi connectivity index (χ1v) is 7.62. The number of nitrogens with one attached hydrogen (secondary N) is 1. The predicted octanol–water partition coefficient (Wildman–Crippen LogP) is 2.85. The zero-order valence-electron chi connectivity index (χ0n) is 13.8. The summed E-state index contributed by atoms with van der Waals surface area (Å²) in [6.07, 6.45) is 2.32. The first kappa shape index (κ1) is 15.4. The van der Waals surface area contributed by atoms with Crippen LogP contribution in [0.1, 0.15) is 27.2 Å². The van der Waals surface area contributed by atoms with Crippen molar-refractivity contribution in [2.24, 2.45) is 0 Å². The predicted molar refractivity (Wildman–Crippen MR) is 89.0 cm³/mol. The molecule has 0 unspecified atom stereocenters. The summed E-state index contributed by atoms with van der Waals surface area (Å²) in [4.78, 5) is 25.0. The normalized spacial score (nSPS) is 15.9. The Morgan fingerprint density at radius 2 is 1.96 bits per heavy atom. The Morgan fingerprint density at radius 1 is 1.22 bits per heavy atom. The first-order valence-electron chi connectivity index (χ1n) is 7.62. The van der Waals surface area contributed by atoms with Crippen molar-refractivity contribution >= 4 is 28.5 Å². The molecule has 0 aliphatic carbocycles. The van der Waals surface area contributed by atoms with E-state index in [9.17, 15) is 9.59 Å². The van der Waals surface area contributed by atoms with Crippen LogP contribution in [0.2, 0.25) is 0 Å². The van der Waals surface area contributed by atoms with Crippen molar-refractivity contribution in [3.05, 3.63) is 24.4 Å². The fraction of sp³-hybridized carbons (Fsp3) is 0.412. The molecule has 0 radical (unpaired) electrons. The summed E-state index contributed by atoms with van der Waals surface area (Å²) in [5.74, 6) is 0.475. The standard InChI is InChI=1S/C17H21N3O3/c1-17(2,3)20-8-5-12-13(20)9-11(10-14(12)23-4)19-7-6-15(21)18-16(19)22/h5,8-10H,6-7H2,1-4H3,(H,18,21,22). The summed E-state index contributed by atoms with van der Waals surface area (Å²) in [6, 6.07) is 5.43. The Bertz CT molecular complexity index is 786. The number of urea groups is 1. The zero-order valence-corrected chi connectivity index (χ0v) is 13.8. The average molecular weight is 315 g/mol. The van der Waals surface area contributed by atoms with Gasteiger partial charge in [-0.3, -0.25) is 15.0 Å². The summed E-state index contributed by atoms with van der Waals surface area (Å²) in [6.45, 7) is 6.74. The van der Waals surface area contributed by atoms with Gasteiger partial charge in [-0.2, -0.15) is 0 Å². The molecule has 1 aliphatic heterocycles. The molecule has 1 N–H and O–H groups in total. The second-order valence-corrected chi connectivity index (χ2v) is 6.69. The largest absolute Gasteiger partial charge is 0.496 e. The van der Waals surface area contributed by atoms with Gasteiger partial charge < -0.3 is 9.30 Å². The molecule has 23 heavy (non-hydrogen) atoms. The van der Waals surface area contributed by atoms with E-state index < -0.39 is 6.03 Å². The van der Waals surface area contributed by atoms with E-state index in [1.807, 2.05) is 24.4 Å². The fourth-order valence-corrected chi connectivity index (χ4v) is 2.91. The number of carbonyl (C=O) groups excluding carboxylic acids is 2. The second kappa shape index (κ2) is 5.30. The average Bonchev–Trinajstić information content (AvgIpc) is 2.90. The highest BCUT2D eigenvalue weighted by atomic mass is 16.5. The minimum atomic E-state index is -0.392. The van der Waals surface area contributed by atoms with Crippen LogP contribution >= 0.6 is 0 Å². The van der Waals surface area contributed by atoms with Gasteiger partial charge in [-0.25, -0.2) is 4.79 Å². The zero-order chi connectivity index (χ0) is 16.8. The quantitative estimate of drug-likeness (QED) is 0.927. The lowest BCUT2D eigenvalue weighted by Crippen LogP contribution is -2.49. The van der Waals surface area contributed by atoms with Crippen molar-refractivity contribution in [1.82, 2.24) is 9.88 Å². The van der Waals surface area contributed by atoms with Gasteiger partial charge in [0.05, 0.1) is 18.3 Å². The second-order valence-electron chi connectivity index (χ2n) is 6.69. The molecule has 1 saturated heterocycles. The number of hydrogen-bond acceptors (Lipinski definition) is 3. The molecule has 0 spiro atoms. The van der Waals surface area contributed by atoms with Gasteiger partial charge in [-0.15, -0.1) is 0 Å². The number of carbonyl (C=O) groups is 2. The summed E-state index contributed by atoms with van der Waals surface area (Å²) in [7, 11) is 1.62. The highest BCUT2D eigenvalue weighted by Crippen LogP contribution is 2.35. The number of nitrogens with zero attached hydrogens (tertiary/aromatic N) is 2. The van der Waals surface area contributed by atoms with Crippen LogP contribution in [0.4, 0.5) is 10.5 Å². The highest BCUT2D eigenvalue weighted by molar-refractivity contribution is 6.06. The Balaban J connectivity index is 2.15. The molecule has 0 saturated carbocycles. The van der Waals surface area contributed by atoms with Crippen LogP contribution in [-0.4, -0.2) is 30.2 Å². The SMILES string of the molecule is COc1cc(N2CCC(=O)NC2=O)cc2c1ccn2C(C)(C)C. The Kier molecular flexibility index (Phi) is 3.55. The van der Waals surface area contributed by atoms with E-state index >= 15 is 0 Å². The van der Waals surface area contributed by atoms with Crippen molar-refractivity contribution in [2.75, 3.05) is 18.6 Å². The van der Waals surface area contributed by atoms with Crippen molar-refractivity contribution in [3.63, 3.8) is 0 Å². The van der Waals surface area contributed by atoms with Gasteiger partial charge in [0, 0.05) is 36.2 Å². The molecule has 3 rings (SSSR count). The van der Waals surface area contributed by atoms with Crippen LogP contribution in [0.25, 0.3) is 10.9 Å². The minimum Gasteiger partial charge on any atom is -0.496 e. The van der Waals surface area contributed by atoms with Gasteiger partial charge in [0.1, 0.15) is 5.75 Å². The van der Waals surface area contributed by atoms with E-state index in [-0.39, 0.29) is 11.4 Å². The van der Waals surface area contributed by atoms with Gasteiger partial charge >= 0.3 is 6.03 Å². The third kappa shape index (κ3) is 2.65. The number of anilines is 1. The topological polar surface area (TPSA) is 63.6 Å². The van der Waals surface area contributed by atoms with Gasteiger partial charge in [0.2, 0.25) is 5.91 Å². The molecular weight excluding hydrogens is 294 g/mol. The number of imide groups is 1. The molecule has 1 aliphatic rings. The number of fused-ring (bicyclic) bond motifs is 1. The van der Waals surface area contributed by atoms with Gasteiger partial charge in [-0.1, -0.05) is 0 Å². The summed E-state index contributed by atoms with van der Waals surface area (Å²) < 4.78 is 7.66. The number of rotatable bonds is 2. The molecular formula is C17H21N3O3. The maximum atomic E-state index is 12.1. The Hall–Kier alpha value is -2.50. The van der Waals surface area contributed by atoms with E-state index in [0.29, 0.717) is 18.7 Å². The molecule has 3 amide bonds. The number of methoxy groups -OCH3 is 1. The highest BCUT2D eigenvalue weighted by Gasteiger charge is 2.26. The number of aromatic nitrogens is 1. The van der Waals surface area contributed by atoms with Gasteiger partial charge in [-0.05, 0) is 32.9 Å². The van der Waals surface area contributed by atoms with Crippen molar-refractivity contribution in [3.8, 4) is 5.75 Å². The van der Waals surface area contributed by atoms with Crippen LogP contribution in [0.5, 0.6) is 5.75 Å². The molecule has 2 aromatic rings. The smallest absolute Gasteiger partial charge is 0.328 e. The van der Waals surface area contributed by atoms with Crippen molar-refractivity contribution in [2.45, 2.75) is 32.7 Å². The van der Waals surface area contributed by atoms with Crippen LogP contribution in [-0.2, 0) is 10.3 Å². The molecule has 1 aromatic heterocycles. The van der Waals surface area contributed by atoms with E-state index in [1.54, 1.807) is 12.0 Å². The van der Waals surface area contributed by atoms with E-state index in [1.165, 1.54) is 0 Å². The van der Waals surface area contributed by atoms with Gasteiger partial charge in [0.25, 0.3) is 0 Å². The molecule has 0 bridgehead atoms. The van der Waals surface area contributed by atoms with Crippen molar-refractivity contribution < 1.29 is 14.3 Å². The van der Waals surface area contributed by atoms with Crippen LogP contribution in [0.15, 0.2) is 24.4 Å². The Labute approximate surface area is 135 Å². The number of benzene rings is 1. The summed E-state index contributed by atoms with van der Waals surface area (Å²) >= 11 is 0. The van der Waals surface area contributed by atoms with Crippen LogP contribution in [0, 0.1) is 0 Å². The molecule has 2 heterocycles. The molecule has 0 atom stereocenters. The Morgan fingerprint density at radius 3 is 2.57 bits per heavy atom. The summed E-state index contributed by atoms with van der Waals surface area (Å²) in [5, 5.41) is 3.35. The number of hydrogen-bond donors (Lipinski definition) is 1. The monoisotopic (exact) mass is 315 g/mol. The van der Waals surface area contributed by atoms with E-state index in [4.69, 9.17) is 4.74 Å². The maximum absolute atomic E-state index is 12.1. The third-order valence-electron chi connectivity index (χ3n) is 4.06. The fourth-order valence-electron chi connectivity index (χ4n) is 2.91. The third-order valence-corrected chi connectivity index (χ3v) is 4.06. The lowest BCUT2D eigenvalue weighted by Gasteiger charge is -2.28. The maximum Gasteiger partial charge on any atom is 0.328 e. The van der Waals surface area contributed by atoms with Gasteiger partial charge in [0.15, 0.2) is 0 Å². The number of ether oxygens (including phenoxy) is 1. The molecule has 122 valence electrons. The van der Waals surface area contributed by atoms with Crippen LogP contribution < -0.4 is 15.0 Å². The lowest BCUT2D eigenvalue weighted by molar-refractivity contribution is -0.120. The van der Waals surface area contributed by atoms with E-state index in [2.05, 4.69) is 30.7 Å². The minimum absolute atomic E-state index is 0.0918. The lowest BCUT2D eigenvalue weighted by atomic mass is 10.1. The summed E-state index contributed by atoms with van der Waals surface area (Å²) in [5.41, 5.74) is 1.63. The van der Waals surface area contributed by atoms with Crippen LogP contribution in [0.3, 0.4) is 0 Å². The van der Waals surface area contributed by atoms with Crippen molar-refractivity contribution in [1.29, 1.82) is 0 Å². The number of amides is 3. The van der Waals surface area contributed by atoms with E-state index in [0.717, 1.165) is 16.6 Å². The molecule has 6 nitrogen and oxygen atoms in total. The molecule has 1 fully saturated rings. The molecule has 1 aromatic carbocycles. The molecule has 6 heteroatoms. The first-order chi connectivity index (χ1) is 10.8.